The molecule has 4 nitrogen and oxygen atoms in total. The van der Waals surface area contributed by atoms with Crippen LogP contribution in [-0.4, -0.2) is 41.3 Å². The summed E-state index contributed by atoms with van der Waals surface area (Å²) in [7, 11) is 1.83. The first-order valence-electron chi connectivity index (χ1n) is 4.26. The van der Waals surface area contributed by atoms with Gasteiger partial charge < -0.3 is 10.0 Å². The molecule has 1 atom stereocenters. The lowest BCUT2D eigenvalue weighted by Crippen LogP contribution is -2.24. The number of carbonyl (C=O) groups excluding carboxylic acids is 2. The first kappa shape index (κ1) is 8.44. The number of Topliss-reactive ketones (excluding diaryl/α,β-unsaturated/α-hetero) is 2. The summed E-state index contributed by atoms with van der Waals surface area (Å²) >= 11 is 0. The van der Waals surface area contributed by atoms with Crippen molar-refractivity contribution in [1.29, 1.82) is 0 Å². The zero-order chi connectivity index (χ0) is 9.59. The Kier molecular flexibility index (Phi) is 1.73. The first-order valence-corrected chi connectivity index (χ1v) is 4.26. The van der Waals surface area contributed by atoms with Crippen LogP contribution in [0.1, 0.15) is 12.8 Å². The van der Waals surface area contributed by atoms with Crippen LogP contribution in [0.25, 0.3) is 0 Å². The molecular weight excluding hydrogens is 170 g/mol. The second-order valence-electron chi connectivity index (χ2n) is 3.57. The van der Waals surface area contributed by atoms with Gasteiger partial charge in [0.2, 0.25) is 11.6 Å². The Hall–Kier alpha value is -1.16. The van der Waals surface area contributed by atoms with Gasteiger partial charge in [0.05, 0.1) is 12.5 Å². The van der Waals surface area contributed by atoms with Crippen molar-refractivity contribution < 1.29 is 14.7 Å². The highest BCUT2D eigenvalue weighted by Gasteiger charge is 2.35. The Morgan fingerprint density at radius 2 is 1.92 bits per heavy atom. The lowest BCUT2D eigenvalue weighted by atomic mass is 9.93. The maximum atomic E-state index is 11.1. The van der Waals surface area contributed by atoms with Crippen molar-refractivity contribution in [3.05, 3.63) is 11.3 Å². The lowest BCUT2D eigenvalue weighted by Gasteiger charge is -2.18. The van der Waals surface area contributed by atoms with Crippen molar-refractivity contribution in [2.75, 3.05) is 13.6 Å². The fourth-order valence-corrected chi connectivity index (χ4v) is 1.91. The van der Waals surface area contributed by atoms with E-state index in [4.69, 9.17) is 0 Å². The van der Waals surface area contributed by atoms with Gasteiger partial charge in [-0.05, 0) is 5.57 Å². The van der Waals surface area contributed by atoms with E-state index in [1.54, 1.807) is 0 Å². The van der Waals surface area contributed by atoms with E-state index in [1.165, 1.54) is 0 Å². The largest absolute Gasteiger partial charge is 0.387 e. The summed E-state index contributed by atoms with van der Waals surface area (Å²) in [6, 6.07) is 0. The third-order valence-electron chi connectivity index (χ3n) is 2.67. The third kappa shape index (κ3) is 1.18. The summed E-state index contributed by atoms with van der Waals surface area (Å²) in [6.45, 7) is 0.505. The van der Waals surface area contributed by atoms with Crippen LogP contribution >= 0.6 is 0 Å². The molecule has 1 aliphatic carbocycles. The number of aliphatic hydroxyl groups is 1. The molecule has 2 rings (SSSR count). The molecule has 70 valence electrons. The SMILES string of the molecule is CN1CC(O)C2=C1CC(=O)C(=O)C2. The molecule has 0 radical (unpaired) electrons. The van der Waals surface area contributed by atoms with Gasteiger partial charge in [-0.1, -0.05) is 0 Å². The zero-order valence-corrected chi connectivity index (χ0v) is 7.41. The van der Waals surface area contributed by atoms with Gasteiger partial charge >= 0.3 is 0 Å². The molecule has 1 unspecified atom stereocenters. The monoisotopic (exact) mass is 181 g/mol. The predicted molar refractivity (Wildman–Crippen MR) is 44.9 cm³/mol. The number of nitrogens with zero attached hydrogens (tertiary/aromatic N) is 1. The van der Waals surface area contributed by atoms with E-state index in [0.29, 0.717) is 6.54 Å². The zero-order valence-electron chi connectivity index (χ0n) is 7.41. The van der Waals surface area contributed by atoms with Crippen molar-refractivity contribution in [3.8, 4) is 0 Å². The fraction of sp³-hybridized carbons (Fsp3) is 0.556. The molecule has 0 saturated carbocycles. The predicted octanol–water partition coefficient (Wildman–Crippen LogP) is -0.521. The highest BCUT2D eigenvalue weighted by molar-refractivity contribution is 6.39. The molecule has 2 aliphatic rings. The van der Waals surface area contributed by atoms with Gasteiger partial charge in [0, 0.05) is 25.7 Å². The lowest BCUT2D eigenvalue weighted by molar-refractivity contribution is -0.136. The number of ketones is 2. The van der Waals surface area contributed by atoms with Crippen LogP contribution in [0.5, 0.6) is 0 Å². The molecule has 0 aromatic heterocycles. The Morgan fingerprint density at radius 3 is 2.62 bits per heavy atom. The van der Waals surface area contributed by atoms with Gasteiger partial charge in [-0.25, -0.2) is 0 Å². The number of hydrogen-bond donors (Lipinski definition) is 1. The number of likely N-dealkylation sites (N-methyl/N-ethyl adjacent to an activating group) is 1. The molecule has 4 heteroatoms. The van der Waals surface area contributed by atoms with Crippen molar-refractivity contribution in [2.45, 2.75) is 18.9 Å². The van der Waals surface area contributed by atoms with Gasteiger partial charge in [0.1, 0.15) is 0 Å². The molecular formula is C9H11NO3. The maximum Gasteiger partial charge on any atom is 0.204 e. The van der Waals surface area contributed by atoms with Crippen LogP contribution < -0.4 is 0 Å². The summed E-state index contributed by atoms with van der Waals surface area (Å²) in [6.07, 6.45) is -0.279. The van der Waals surface area contributed by atoms with Gasteiger partial charge in [0.15, 0.2) is 0 Å². The van der Waals surface area contributed by atoms with Crippen LogP contribution in [-0.2, 0) is 9.59 Å². The molecule has 1 aliphatic heterocycles. The Morgan fingerprint density at radius 1 is 1.31 bits per heavy atom. The minimum absolute atomic E-state index is 0.111. The fourth-order valence-electron chi connectivity index (χ4n) is 1.91. The van der Waals surface area contributed by atoms with Crippen LogP contribution in [0.15, 0.2) is 11.3 Å². The molecule has 0 aromatic carbocycles. The van der Waals surface area contributed by atoms with Gasteiger partial charge in [-0.2, -0.15) is 0 Å². The Bertz CT molecular complexity index is 289. The second-order valence-corrected chi connectivity index (χ2v) is 3.57. The maximum absolute atomic E-state index is 11.1. The first-order chi connectivity index (χ1) is 6.09. The number of β-amino-alcohol motifs (C(OH)–C–C–N with tert-alkyl or cyclic N) is 1. The van der Waals surface area contributed by atoms with E-state index in [2.05, 4.69) is 0 Å². The molecule has 0 amide bonds. The molecule has 0 fully saturated rings. The summed E-state index contributed by atoms with van der Waals surface area (Å²) in [5.41, 5.74) is 1.59. The molecule has 1 N–H and O–H groups in total. The quantitative estimate of drug-likeness (QED) is 0.511. The normalized spacial score (nSPS) is 28.5. The minimum Gasteiger partial charge on any atom is -0.387 e. The summed E-state index contributed by atoms with van der Waals surface area (Å²) in [4.78, 5) is 24.0. The summed E-state index contributed by atoms with van der Waals surface area (Å²) in [5, 5.41) is 9.54. The van der Waals surface area contributed by atoms with E-state index in [1.807, 2.05) is 11.9 Å². The molecule has 0 bridgehead atoms. The summed E-state index contributed by atoms with van der Waals surface area (Å²) < 4.78 is 0. The summed E-state index contributed by atoms with van der Waals surface area (Å²) in [5.74, 6) is -0.701. The number of rotatable bonds is 0. The highest BCUT2D eigenvalue weighted by atomic mass is 16.3. The number of allylic oxidation sites excluding steroid dienone is 1. The average molecular weight is 181 g/mol. The molecule has 0 saturated heterocycles. The van der Waals surface area contributed by atoms with Crippen LogP contribution in [0.3, 0.4) is 0 Å². The van der Waals surface area contributed by atoms with Crippen LogP contribution in [0.2, 0.25) is 0 Å². The van der Waals surface area contributed by atoms with E-state index in [9.17, 15) is 14.7 Å². The van der Waals surface area contributed by atoms with Gasteiger partial charge in [-0.15, -0.1) is 0 Å². The van der Waals surface area contributed by atoms with Crippen molar-refractivity contribution in [3.63, 3.8) is 0 Å². The van der Waals surface area contributed by atoms with Gasteiger partial charge in [-0.3, -0.25) is 9.59 Å². The number of hydrogen-bond acceptors (Lipinski definition) is 4. The van der Waals surface area contributed by atoms with E-state index >= 15 is 0 Å². The molecule has 0 spiro atoms. The van der Waals surface area contributed by atoms with E-state index in [0.717, 1.165) is 11.3 Å². The van der Waals surface area contributed by atoms with Crippen LogP contribution in [0, 0.1) is 0 Å². The minimum atomic E-state index is -0.558. The number of aliphatic hydroxyl groups excluding tert-OH is 1. The Labute approximate surface area is 75.8 Å². The Balaban J connectivity index is 2.35. The molecule has 13 heavy (non-hydrogen) atoms. The standard InChI is InChI=1S/C9H11NO3/c1-10-4-9(13)5-2-7(11)8(12)3-6(5)10/h9,13H,2-4H2,1H3. The van der Waals surface area contributed by atoms with Crippen molar-refractivity contribution in [2.24, 2.45) is 0 Å². The van der Waals surface area contributed by atoms with E-state index < -0.39 is 6.10 Å². The van der Waals surface area contributed by atoms with E-state index in [-0.39, 0.29) is 24.4 Å². The van der Waals surface area contributed by atoms with Gasteiger partial charge in [0.25, 0.3) is 0 Å². The number of carbonyl (C=O) groups is 2. The topological polar surface area (TPSA) is 57.6 Å². The highest BCUT2D eigenvalue weighted by Crippen LogP contribution is 2.30. The second kappa shape index (κ2) is 2.67. The average Bonchev–Trinajstić information content (AvgIpc) is 2.31. The molecule has 1 heterocycles. The molecule has 0 aromatic rings. The van der Waals surface area contributed by atoms with Crippen LogP contribution in [0.4, 0.5) is 0 Å². The third-order valence-corrected chi connectivity index (χ3v) is 2.67. The van der Waals surface area contributed by atoms with Crippen molar-refractivity contribution in [1.82, 2.24) is 4.90 Å². The van der Waals surface area contributed by atoms with Crippen molar-refractivity contribution >= 4 is 11.6 Å². The smallest absolute Gasteiger partial charge is 0.204 e.